The van der Waals surface area contributed by atoms with Gasteiger partial charge in [-0.2, -0.15) is 5.10 Å². The van der Waals surface area contributed by atoms with Crippen molar-refractivity contribution in [2.75, 3.05) is 20.3 Å². The molecule has 0 aliphatic carbocycles. The molecule has 3 atom stereocenters. The van der Waals surface area contributed by atoms with Crippen LogP contribution < -0.4 is 4.72 Å². The number of aromatic nitrogens is 2. The van der Waals surface area contributed by atoms with Gasteiger partial charge < -0.3 is 9.47 Å². The number of methoxy groups -OCH3 is 1. The summed E-state index contributed by atoms with van der Waals surface area (Å²) in [6.45, 7) is 5.10. The molecular weight excluding hydrogens is 294 g/mol. The van der Waals surface area contributed by atoms with E-state index in [0.717, 1.165) is 12.1 Å². The summed E-state index contributed by atoms with van der Waals surface area (Å²) in [7, 11) is -1.94. The van der Waals surface area contributed by atoms with E-state index in [-0.39, 0.29) is 18.8 Å². The zero-order chi connectivity index (χ0) is 15.5. The van der Waals surface area contributed by atoms with E-state index in [1.807, 2.05) is 13.1 Å². The molecule has 2 rings (SSSR count). The molecule has 0 spiro atoms. The zero-order valence-electron chi connectivity index (χ0n) is 12.7. The van der Waals surface area contributed by atoms with Gasteiger partial charge in [-0.1, -0.05) is 0 Å². The molecule has 1 aromatic rings. The van der Waals surface area contributed by atoms with Crippen molar-refractivity contribution < 1.29 is 17.9 Å². The molecule has 0 amide bonds. The van der Waals surface area contributed by atoms with Gasteiger partial charge in [-0.25, -0.2) is 13.1 Å². The predicted octanol–water partition coefficient (Wildman–Crippen LogP) is 0.687. The van der Waals surface area contributed by atoms with Crippen LogP contribution in [-0.2, 0) is 26.0 Å². The Kier molecular flexibility index (Phi) is 5.37. The Bertz CT molecular complexity index is 558. The topological polar surface area (TPSA) is 82.5 Å². The normalized spacial score (nSPS) is 24.3. The smallest absolute Gasteiger partial charge is 0.216 e. The van der Waals surface area contributed by atoms with Crippen LogP contribution in [-0.4, -0.2) is 49.8 Å². The number of sulfonamides is 1. The summed E-state index contributed by atoms with van der Waals surface area (Å²) in [5, 5.41) is 3.62. The fourth-order valence-electron chi connectivity index (χ4n) is 2.39. The van der Waals surface area contributed by atoms with Crippen molar-refractivity contribution in [3.05, 3.63) is 18.0 Å². The maximum atomic E-state index is 12.2. The summed E-state index contributed by atoms with van der Waals surface area (Å²) in [5.74, 6) is 0. The molecule has 120 valence electrons. The number of ether oxygens (including phenoxy) is 2. The molecule has 7 nitrogen and oxygen atoms in total. The van der Waals surface area contributed by atoms with Crippen molar-refractivity contribution in [1.82, 2.24) is 14.5 Å². The van der Waals surface area contributed by atoms with E-state index in [1.165, 1.54) is 7.11 Å². The fourth-order valence-corrected chi connectivity index (χ4v) is 3.60. The lowest BCUT2D eigenvalue weighted by Crippen LogP contribution is -2.42. The molecule has 1 fully saturated rings. The van der Waals surface area contributed by atoms with Crippen molar-refractivity contribution in [2.24, 2.45) is 0 Å². The average molecular weight is 317 g/mol. The SMILES string of the molecule is CCn1cc([C@H]2OCC[C@@H]2NS(=O)(=O)C(C)COC)cn1. The molecule has 0 radical (unpaired) electrons. The minimum absolute atomic E-state index is 0.168. The molecule has 21 heavy (non-hydrogen) atoms. The predicted molar refractivity (Wildman–Crippen MR) is 78.4 cm³/mol. The van der Waals surface area contributed by atoms with E-state index in [9.17, 15) is 8.42 Å². The molecule has 1 aromatic heterocycles. The number of aryl methyl sites for hydroxylation is 1. The highest BCUT2D eigenvalue weighted by molar-refractivity contribution is 7.90. The first-order valence-corrected chi connectivity index (χ1v) is 8.66. The second-order valence-electron chi connectivity index (χ2n) is 5.24. The summed E-state index contributed by atoms with van der Waals surface area (Å²) in [6.07, 6.45) is 4.01. The van der Waals surface area contributed by atoms with E-state index in [2.05, 4.69) is 9.82 Å². The van der Waals surface area contributed by atoms with Crippen molar-refractivity contribution in [1.29, 1.82) is 0 Å². The van der Waals surface area contributed by atoms with Crippen molar-refractivity contribution in [3.63, 3.8) is 0 Å². The number of nitrogens with one attached hydrogen (secondary N) is 1. The number of hydrogen-bond acceptors (Lipinski definition) is 5. The van der Waals surface area contributed by atoms with Crippen LogP contribution in [0.1, 0.15) is 31.9 Å². The maximum absolute atomic E-state index is 12.2. The van der Waals surface area contributed by atoms with Gasteiger partial charge >= 0.3 is 0 Å². The molecule has 0 bridgehead atoms. The van der Waals surface area contributed by atoms with E-state index >= 15 is 0 Å². The van der Waals surface area contributed by atoms with Crippen molar-refractivity contribution in [3.8, 4) is 0 Å². The monoisotopic (exact) mass is 317 g/mol. The highest BCUT2D eigenvalue weighted by Crippen LogP contribution is 2.29. The Morgan fingerprint density at radius 2 is 2.38 bits per heavy atom. The summed E-state index contributed by atoms with van der Waals surface area (Å²) < 4.78 is 39.6. The van der Waals surface area contributed by atoms with E-state index < -0.39 is 15.3 Å². The number of rotatable bonds is 7. The third kappa shape index (κ3) is 3.82. The second kappa shape index (κ2) is 6.87. The van der Waals surface area contributed by atoms with Crippen LogP contribution in [0.15, 0.2) is 12.4 Å². The summed E-state index contributed by atoms with van der Waals surface area (Å²) in [5.41, 5.74) is 0.904. The van der Waals surface area contributed by atoms with Gasteiger partial charge in [0.05, 0.1) is 24.1 Å². The third-order valence-corrected chi connectivity index (χ3v) is 5.47. The molecule has 1 saturated heterocycles. The molecule has 1 aliphatic rings. The van der Waals surface area contributed by atoms with Crippen molar-refractivity contribution in [2.45, 2.75) is 44.2 Å². The largest absolute Gasteiger partial charge is 0.383 e. The number of hydrogen-bond donors (Lipinski definition) is 1. The van der Waals surface area contributed by atoms with Crippen LogP contribution in [0.25, 0.3) is 0 Å². The molecule has 8 heteroatoms. The van der Waals surface area contributed by atoms with Gasteiger partial charge in [0.1, 0.15) is 6.10 Å². The number of nitrogens with zero attached hydrogens (tertiary/aromatic N) is 2. The van der Waals surface area contributed by atoms with Gasteiger partial charge in [-0.05, 0) is 20.3 Å². The molecular formula is C13H23N3O4S. The Balaban J connectivity index is 2.08. The third-order valence-electron chi connectivity index (χ3n) is 3.64. The van der Waals surface area contributed by atoms with E-state index in [4.69, 9.17) is 9.47 Å². The molecule has 1 N–H and O–H groups in total. The second-order valence-corrected chi connectivity index (χ2v) is 7.38. The lowest BCUT2D eigenvalue weighted by atomic mass is 10.1. The minimum Gasteiger partial charge on any atom is -0.383 e. The van der Waals surface area contributed by atoms with Crippen LogP contribution in [0.2, 0.25) is 0 Å². The van der Waals surface area contributed by atoms with Crippen LogP contribution in [0.4, 0.5) is 0 Å². The van der Waals surface area contributed by atoms with Crippen molar-refractivity contribution >= 4 is 10.0 Å². The zero-order valence-corrected chi connectivity index (χ0v) is 13.5. The van der Waals surface area contributed by atoms with E-state index in [0.29, 0.717) is 13.0 Å². The summed E-state index contributed by atoms with van der Waals surface area (Å²) in [6, 6.07) is -0.260. The standard InChI is InChI=1S/C13H23N3O4S/c1-4-16-8-11(7-14-16)13-12(5-6-20-13)15-21(17,18)10(2)9-19-3/h7-8,10,12-13,15H,4-6,9H2,1-3H3/t10?,12-,13+/m0/s1. The first kappa shape index (κ1) is 16.4. The Morgan fingerprint density at radius 3 is 3.00 bits per heavy atom. The fraction of sp³-hybridized carbons (Fsp3) is 0.769. The van der Waals surface area contributed by atoms with Gasteiger partial charge in [0.2, 0.25) is 10.0 Å². The molecule has 1 unspecified atom stereocenters. The van der Waals surface area contributed by atoms with Gasteiger partial charge in [-0.3, -0.25) is 4.68 Å². The highest BCUT2D eigenvalue weighted by atomic mass is 32.2. The van der Waals surface area contributed by atoms with Gasteiger partial charge in [0, 0.05) is 32.0 Å². The van der Waals surface area contributed by atoms with Crippen LogP contribution in [0.5, 0.6) is 0 Å². The average Bonchev–Trinajstić information content (AvgIpc) is 3.06. The molecule has 2 heterocycles. The van der Waals surface area contributed by atoms with Gasteiger partial charge in [-0.15, -0.1) is 0 Å². The summed E-state index contributed by atoms with van der Waals surface area (Å²) >= 11 is 0. The Hall–Kier alpha value is -0.960. The first-order chi connectivity index (χ1) is 9.97. The first-order valence-electron chi connectivity index (χ1n) is 7.12. The van der Waals surface area contributed by atoms with Gasteiger partial charge in [0.15, 0.2) is 0 Å². The maximum Gasteiger partial charge on any atom is 0.216 e. The van der Waals surface area contributed by atoms with Crippen LogP contribution >= 0.6 is 0 Å². The molecule has 0 saturated carbocycles. The quantitative estimate of drug-likeness (QED) is 0.800. The van der Waals surface area contributed by atoms with Crippen LogP contribution in [0, 0.1) is 0 Å². The summed E-state index contributed by atoms with van der Waals surface area (Å²) in [4.78, 5) is 0. The lowest BCUT2D eigenvalue weighted by Gasteiger charge is -2.21. The molecule has 0 aromatic carbocycles. The Labute approximate surface area is 125 Å². The van der Waals surface area contributed by atoms with E-state index in [1.54, 1.807) is 17.8 Å². The van der Waals surface area contributed by atoms with Gasteiger partial charge in [0.25, 0.3) is 0 Å². The highest BCUT2D eigenvalue weighted by Gasteiger charge is 2.35. The molecule has 1 aliphatic heterocycles. The lowest BCUT2D eigenvalue weighted by molar-refractivity contribution is 0.102. The minimum atomic E-state index is -3.43. The Morgan fingerprint density at radius 1 is 1.62 bits per heavy atom. The van der Waals surface area contributed by atoms with Crippen LogP contribution in [0.3, 0.4) is 0 Å².